The van der Waals surface area contributed by atoms with Gasteiger partial charge in [0.25, 0.3) is 0 Å². The summed E-state index contributed by atoms with van der Waals surface area (Å²) >= 11 is 0. The number of carbonyl (C=O) groups is 1. The van der Waals surface area contributed by atoms with Gasteiger partial charge in [0, 0.05) is 42.6 Å². The number of aryl methyl sites for hydroxylation is 2. The number of carboxylic acid groups (broad SMARTS) is 1. The molecule has 0 saturated carbocycles. The van der Waals surface area contributed by atoms with Crippen LogP contribution in [0.1, 0.15) is 43.0 Å². The Balaban J connectivity index is 0.000000945. The van der Waals surface area contributed by atoms with Gasteiger partial charge in [0.1, 0.15) is 14.1 Å². The predicted octanol–water partition coefficient (Wildman–Crippen LogP) is 4.56. The topological polar surface area (TPSA) is 67.2 Å². The van der Waals surface area contributed by atoms with Crippen LogP contribution in [-0.4, -0.2) is 43.4 Å². The van der Waals surface area contributed by atoms with Crippen molar-refractivity contribution in [2.75, 3.05) is 37.8 Å². The summed E-state index contributed by atoms with van der Waals surface area (Å²) in [7, 11) is 4.15. The van der Waals surface area contributed by atoms with Gasteiger partial charge in [0.2, 0.25) is 0 Å². The standard InChI is InChI=1S/C27H33N3.C2H4O2/c1-7-28-25-15-11-22(17-19(25)3)27(21-9-13-24(14-10-21)30(5)6)23-12-16-26(29-8-2)20(4)18-23;1-2(3)4/h9-18H,7-8H2,1-6H3,(H,28,29);1H3,(H,3,4). The van der Waals surface area contributed by atoms with Gasteiger partial charge >= 0.3 is 0 Å². The number of anilines is 2. The first-order valence-corrected chi connectivity index (χ1v) is 11.7. The number of nitrogens with zero attached hydrogens (tertiary/aromatic N) is 1. The van der Waals surface area contributed by atoms with Crippen LogP contribution in [0.2, 0.25) is 0 Å². The predicted molar refractivity (Wildman–Crippen MR) is 143 cm³/mol. The molecule has 1 aliphatic rings. The summed E-state index contributed by atoms with van der Waals surface area (Å²) in [5, 5.41) is 15.8. The Kier molecular flexibility index (Phi) is 9.87. The summed E-state index contributed by atoms with van der Waals surface area (Å²) in [6, 6.07) is 13.4. The summed E-state index contributed by atoms with van der Waals surface area (Å²) in [5.74, 6) is -1.08. The monoisotopic (exact) mass is 459 g/mol. The lowest BCUT2D eigenvalue weighted by molar-refractivity contribution is -0.462. The quantitative estimate of drug-likeness (QED) is 0.622. The van der Waals surface area contributed by atoms with Crippen molar-refractivity contribution < 1.29 is 14.5 Å². The molecule has 0 aliphatic heterocycles. The average Bonchev–Trinajstić information content (AvgIpc) is 2.78. The molecule has 0 unspecified atom stereocenters. The number of benzene rings is 2. The molecule has 0 saturated heterocycles. The molecule has 2 aromatic carbocycles. The van der Waals surface area contributed by atoms with Crippen LogP contribution in [0.5, 0.6) is 0 Å². The van der Waals surface area contributed by atoms with Crippen LogP contribution in [0.15, 0.2) is 66.3 Å². The van der Waals surface area contributed by atoms with E-state index in [9.17, 15) is 0 Å². The van der Waals surface area contributed by atoms with E-state index in [1.54, 1.807) is 0 Å². The molecule has 0 atom stereocenters. The van der Waals surface area contributed by atoms with E-state index in [0.29, 0.717) is 0 Å². The van der Waals surface area contributed by atoms with Crippen LogP contribution < -0.4 is 15.7 Å². The highest BCUT2D eigenvalue weighted by Crippen LogP contribution is 2.33. The number of aliphatic carboxylic acids is 1. The van der Waals surface area contributed by atoms with Crippen LogP contribution in [-0.2, 0) is 4.79 Å². The van der Waals surface area contributed by atoms with Gasteiger partial charge in [-0.1, -0.05) is 12.1 Å². The lowest BCUT2D eigenvalue weighted by atomic mass is 9.89. The zero-order valence-electron chi connectivity index (χ0n) is 21.5. The summed E-state index contributed by atoms with van der Waals surface area (Å²) in [5.41, 5.74) is 11.1. The first-order valence-electron chi connectivity index (χ1n) is 11.7. The second-order valence-corrected chi connectivity index (χ2v) is 8.43. The lowest BCUT2D eigenvalue weighted by Gasteiger charge is -2.17. The molecule has 3 rings (SSSR count). The Bertz CT molecular complexity index is 1070. The van der Waals surface area contributed by atoms with E-state index in [1.165, 1.54) is 50.5 Å². The lowest BCUT2D eigenvalue weighted by Crippen LogP contribution is -2.16. The molecular weight excluding hydrogens is 422 g/mol. The van der Waals surface area contributed by atoms with Gasteiger partial charge in [0.05, 0.1) is 0 Å². The molecule has 0 amide bonds. The largest absolute Gasteiger partial charge is 0.550 e. The van der Waals surface area contributed by atoms with E-state index in [1.807, 2.05) is 0 Å². The molecule has 1 aliphatic carbocycles. The van der Waals surface area contributed by atoms with Crippen LogP contribution in [0.25, 0.3) is 5.57 Å². The fraction of sp³-hybridized carbons (Fsp3) is 0.310. The molecule has 5 nitrogen and oxygen atoms in total. The zero-order chi connectivity index (χ0) is 25.3. The van der Waals surface area contributed by atoms with Crippen molar-refractivity contribution >= 4 is 28.6 Å². The van der Waals surface area contributed by atoms with Crippen molar-refractivity contribution in [1.82, 2.24) is 0 Å². The van der Waals surface area contributed by atoms with Crippen molar-refractivity contribution in [1.29, 1.82) is 0 Å². The third-order valence-electron chi connectivity index (χ3n) is 5.44. The molecule has 0 radical (unpaired) electrons. The maximum Gasteiger partial charge on any atom is 0.199 e. The summed E-state index contributed by atoms with van der Waals surface area (Å²) in [6.07, 6.45) is 8.83. The first-order chi connectivity index (χ1) is 16.2. The average molecular weight is 460 g/mol. The number of carboxylic acids is 1. The van der Waals surface area contributed by atoms with Crippen molar-refractivity contribution in [3.8, 4) is 0 Å². The second kappa shape index (κ2) is 12.6. The Hall–Kier alpha value is -3.60. The molecule has 180 valence electrons. The van der Waals surface area contributed by atoms with E-state index in [-0.39, 0.29) is 0 Å². The van der Waals surface area contributed by atoms with E-state index in [0.717, 1.165) is 20.0 Å². The molecule has 0 spiro atoms. The number of rotatable bonds is 6. The van der Waals surface area contributed by atoms with Crippen LogP contribution in [0, 0.1) is 13.8 Å². The summed E-state index contributed by atoms with van der Waals surface area (Å²) < 4.78 is 2.13. The van der Waals surface area contributed by atoms with Gasteiger partial charge in [-0.25, -0.2) is 4.58 Å². The number of allylic oxidation sites excluding steroid dienone is 5. The number of hydrogen-bond acceptors (Lipinski definition) is 4. The molecule has 0 fully saturated rings. The Morgan fingerprint density at radius 1 is 0.824 bits per heavy atom. The number of carbonyl (C=O) groups excluding carboxylic acids is 1. The van der Waals surface area contributed by atoms with Gasteiger partial charge in [0.15, 0.2) is 5.71 Å². The molecular formula is C29H37N3O2. The van der Waals surface area contributed by atoms with E-state index >= 15 is 0 Å². The molecule has 2 aromatic rings. The van der Waals surface area contributed by atoms with E-state index in [2.05, 4.69) is 118 Å². The Morgan fingerprint density at radius 3 is 1.56 bits per heavy atom. The van der Waals surface area contributed by atoms with Gasteiger partial charge < -0.3 is 20.5 Å². The van der Waals surface area contributed by atoms with Crippen LogP contribution in [0.3, 0.4) is 0 Å². The van der Waals surface area contributed by atoms with E-state index < -0.39 is 5.97 Å². The maximum absolute atomic E-state index is 8.89. The van der Waals surface area contributed by atoms with Crippen molar-refractivity contribution in [3.63, 3.8) is 0 Å². The number of nitrogens with one attached hydrogen (secondary N) is 2. The third-order valence-corrected chi connectivity index (χ3v) is 5.44. The Labute approximate surface area is 204 Å². The third kappa shape index (κ3) is 7.20. The number of hydrogen-bond donors (Lipinski definition) is 2. The summed E-state index contributed by atoms with van der Waals surface area (Å²) in [6.45, 7) is 11.4. The van der Waals surface area contributed by atoms with Crippen LogP contribution >= 0.6 is 0 Å². The molecule has 0 heterocycles. The van der Waals surface area contributed by atoms with Gasteiger partial charge in [-0.2, -0.15) is 0 Å². The van der Waals surface area contributed by atoms with Crippen molar-refractivity contribution in [2.45, 2.75) is 34.6 Å². The highest BCUT2D eigenvalue weighted by Gasteiger charge is 2.15. The first kappa shape index (κ1) is 26.7. The highest BCUT2D eigenvalue weighted by atomic mass is 16.4. The van der Waals surface area contributed by atoms with Crippen molar-refractivity contribution in [2.24, 2.45) is 0 Å². The zero-order valence-corrected chi connectivity index (χ0v) is 21.5. The molecule has 2 N–H and O–H groups in total. The fourth-order valence-electron chi connectivity index (χ4n) is 3.84. The second-order valence-electron chi connectivity index (χ2n) is 8.43. The normalized spacial score (nSPS) is 12.1. The molecule has 0 bridgehead atoms. The molecule has 5 heteroatoms. The minimum atomic E-state index is -1.08. The maximum atomic E-state index is 8.89. The fourth-order valence-corrected chi connectivity index (χ4v) is 3.84. The van der Waals surface area contributed by atoms with E-state index in [4.69, 9.17) is 9.90 Å². The van der Waals surface area contributed by atoms with Crippen molar-refractivity contribution in [3.05, 3.63) is 88.5 Å². The molecule has 34 heavy (non-hydrogen) atoms. The molecule has 0 aromatic heterocycles. The minimum Gasteiger partial charge on any atom is -0.550 e. The van der Waals surface area contributed by atoms with Gasteiger partial charge in [-0.05, 0) is 104 Å². The van der Waals surface area contributed by atoms with Gasteiger partial charge in [-0.15, -0.1) is 0 Å². The Morgan fingerprint density at radius 2 is 1.24 bits per heavy atom. The van der Waals surface area contributed by atoms with Gasteiger partial charge in [-0.3, -0.25) is 0 Å². The SMILES string of the molecule is CC(=O)[O-].CCNc1ccc(C(=C2C=CC(=[N+](C)C)C=C2)c2ccc(NCC)c(C)c2)cc1C. The summed E-state index contributed by atoms with van der Waals surface area (Å²) in [4.78, 5) is 8.89. The minimum absolute atomic E-state index is 0.924. The highest BCUT2D eigenvalue weighted by molar-refractivity contribution is 6.04. The van der Waals surface area contributed by atoms with Crippen LogP contribution in [0.4, 0.5) is 11.4 Å². The smallest absolute Gasteiger partial charge is 0.199 e.